The van der Waals surface area contributed by atoms with E-state index in [0.29, 0.717) is 6.04 Å². The molecule has 2 fully saturated rings. The number of rotatable bonds is 5. The summed E-state index contributed by atoms with van der Waals surface area (Å²) in [6.07, 6.45) is 7.00. The Bertz CT molecular complexity index is 404. The molecule has 2 unspecified atom stereocenters. The Morgan fingerprint density at radius 1 is 1.32 bits per heavy atom. The molecular formula is C14H25N5. The fraction of sp³-hybridized carbons (Fsp3) is 0.857. The molecule has 19 heavy (non-hydrogen) atoms. The summed E-state index contributed by atoms with van der Waals surface area (Å²) in [7, 11) is 0. The summed E-state index contributed by atoms with van der Waals surface area (Å²) in [4.78, 5) is 7.00. The second-order valence-corrected chi connectivity index (χ2v) is 5.82. The Morgan fingerprint density at radius 3 is 2.68 bits per heavy atom. The minimum absolute atomic E-state index is 0.714. The van der Waals surface area contributed by atoms with Crippen molar-refractivity contribution in [3.8, 4) is 0 Å². The van der Waals surface area contributed by atoms with Crippen LogP contribution in [0.3, 0.4) is 0 Å². The van der Waals surface area contributed by atoms with Crippen LogP contribution in [0.5, 0.6) is 0 Å². The average Bonchev–Trinajstić information content (AvgIpc) is 3.02. The van der Waals surface area contributed by atoms with Crippen LogP contribution in [0.15, 0.2) is 6.33 Å². The van der Waals surface area contributed by atoms with Gasteiger partial charge >= 0.3 is 0 Å². The third-order valence-electron chi connectivity index (χ3n) is 4.71. The lowest BCUT2D eigenvalue weighted by Gasteiger charge is -2.37. The van der Waals surface area contributed by atoms with E-state index in [2.05, 4.69) is 34.1 Å². The highest BCUT2D eigenvalue weighted by Gasteiger charge is 2.35. The first-order chi connectivity index (χ1) is 9.30. The van der Waals surface area contributed by atoms with Gasteiger partial charge in [-0.15, -0.1) is 0 Å². The summed E-state index contributed by atoms with van der Waals surface area (Å²) in [5.41, 5.74) is 0. The van der Waals surface area contributed by atoms with Crippen LogP contribution in [-0.4, -0.2) is 44.3 Å². The molecule has 0 amide bonds. The van der Waals surface area contributed by atoms with E-state index >= 15 is 0 Å². The van der Waals surface area contributed by atoms with Gasteiger partial charge < -0.3 is 5.32 Å². The molecule has 2 aliphatic heterocycles. The van der Waals surface area contributed by atoms with Crippen LogP contribution in [0.2, 0.25) is 0 Å². The lowest BCUT2D eigenvalue weighted by Crippen LogP contribution is -2.48. The highest BCUT2D eigenvalue weighted by atomic mass is 15.3. The van der Waals surface area contributed by atoms with Gasteiger partial charge in [0.25, 0.3) is 0 Å². The predicted octanol–water partition coefficient (Wildman–Crippen LogP) is 1.40. The van der Waals surface area contributed by atoms with E-state index in [1.165, 1.54) is 25.7 Å². The number of nitrogens with zero attached hydrogens (tertiary/aromatic N) is 4. The third kappa shape index (κ3) is 2.67. The first kappa shape index (κ1) is 13.1. The van der Waals surface area contributed by atoms with Gasteiger partial charge in [0.1, 0.15) is 12.2 Å². The van der Waals surface area contributed by atoms with Crippen molar-refractivity contribution in [3.63, 3.8) is 0 Å². The Hall–Kier alpha value is -0.940. The molecule has 1 aromatic rings. The molecule has 2 saturated heterocycles. The van der Waals surface area contributed by atoms with Crippen molar-refractivity contribution in [3.05, 3.63) is 12.2 Å². The van der Waals surface area contributed by atoms with Crippen LogP contribution >= 0.6 is 0 Å². The summed E-state index contributed by atoms with van der Waals surface area (Å²) in [5.74, 6) is 1.11. The molecule has 2 aliphatic rings. The molecule has 0 aromatic carbocycles. The monoisotopic (exact) mass is 263 g/mol. The van der Waals surface area contributed by atoms with Gasteiger partial charge in [0.15, 0.2) is 0 Å². The van der Waals surface area contributed by atoms with E-state index in [0.717, 1.165) is 37.5 Å². The van der Waals surface area contributed by atoms with Gasteiger partial charge in [-0.25, -0.2) is 9.67 Å². The van der Waals surface area contributed by atoms with Crippen molar-refractivity contribution in [2.45, 2.75) is 70.7 Å². The number of piperidine rings is 1. The van der Waals surface area contributed by atoms with Crippen LogP contribution in [0.1, 0.15) is 45.4 Å². The normalized spacial score (nSPS) is 30.2. The summed E-state index contributed by atoms with van der Waals surface area (Å²) in [6, 6.07) is 2.22. The zero-order valence-corrected chi connectivity index (χ0v) is 12.0. The van der Waals surface area contributed by atoms with Crippen molar-refractivity contribution in [2.24, 2.45) is 0 Å². The summed E-state index contributed by atoms with van der Waals surface area (Å²) in [5, 5.41) is 8.00. The van der Waals surface area contributed by atoms with Crippen LogP contribution < -0.4 is 5.32 Å². The van der Waals surface area contributed by atoms with Gasteiger partial charge in [-0.2, -0.15) is 5.10 Å². The largest absolute Gasteiger partial charge is 0.311 e. The second kappa shape index (κ2) is 5.59. The number of hydrogen-bond donors (Lipinski definition) is 1. The Kier molecular flexibility index (Phi) is 3.84. The van der Waals surface area contributed by atoms with Gasteiger partial charge in [-0.1, -0.05) is 6.92 Å². The summed E-state index contributed by atoms with van der Waals surface area (Å²) >= 11 is 0. The molecule has 0 saturated carbocycles. The molecule has 2 atom stereocenters. The molecule has 106 valence electrons. The molecule has 0 radical (unpaired) electrons. The zero-order chi connectivity index (χ0) is 13.2. The number of nitrogens with one attached hydrogen (secondary N) is 1. The molecular weight excluding hydrogens is 238 g/mol. The Morgan fingerprint density at radius 2 is 2.05 bits per heavy atom. The predicted molar refractivity (Wildman–Crippen MR) is 74.7 cm³/mol. The van der Waals surface area contributed by atoms with Gasteiger partial charge in [-0.05, 0) is 39.2 Å². The van der Waals surface area contributed by atoms with Crippen molar-refractivity contribution in [1.29, 1.82) is 0 Å². The Balaban J connectivity index is 1.67. The number of hydrogen-bond acceptors (Lipinski definition) is 4. The van der Waals surface area contributed by atoms with E-state index in [4.69, 9.17) is 0 Å². The van der Waals surface area contributed by atoms with Crippen molar-refractivity contribution in [1.82, 2.24) is 25.0 Å². The maximum atomic E-state index is 4.42. The quantitative estimate of drug-likeness (QED) is 0.872. The van der Waals surface area contributed by atoms with Crippen molar-refractivity contribution < 1.29 is 0 Å². The highest BCUT2D eigenvalue weighted by molar-refractivity contribution is 4.96. The van der Waals surface area contributed by atoms with Crippen LogP contribution in [0.4, 0.5) is 0 Å². The zero-order valence-electron chi connectivity index (χ0n) is 12.0. The van der Waals surface area contributed by atoms with E-state index in [-0.39, 0.29) is 0 Å². The first-order valence-corrected chi connectivity index (χ1v) is 7.67. The van der Waals surface area contributed by atoms with E-state index in [1.807, 2.05) is 4.68 Å². The molecule has 0 aliphatic carbocycles. The van der Waals surface area contributed by atoms with E-state index in [9.17, 15) is 0 Å². The molecule has 0 spiro atoms. The number of aryl methyl sites for hydroxylation is 1. The minimum atomic E-state index is 0.714. The molecule has 1 N–H and O–H groups in total. The Labute approximate surface area is 115 Å². The van der Waals surface area contributed by atoms with Gasteiger partial charge in [-0.3, -0.25) is 4.90 Å². The molecule has 2 bridgehead atoms. The minimum Gasteiger partial charge on any atom is -0.311 e. The van der Waals surface area contributed by atoms with Gasteiger partial charge in [0.2, 0.25) is 0 Å². The molecule has 5 heteroatoms. The topological polar surface area (TPSA) is 46.0 Å². The summed E-state index contributed by atoms with van der Waals surface area (Å²) < 4.78 is 2.01. The number of fused-ring (bicyclic) bond motifs is 2. The van der Waals surface area contributed by atoms with Crippen molar-refractivity contribution in [2.75, 3.05) is 6.54 Å². The van der Waals surface area contributed by atoms with Crippen LogP contribution in [-0.2, 0) is 13.1 Å². The van der Waals surface area contributed by atoms with Crippen LogP contribution in [0.25, 0.3) is 0 Å². The maximum absolute atomic E-state index is 4.42. The molecule has 3 rings (SSSR count). The highest BCUT2D eigenvalue weighted by Crippen LogP contribution is 2.30. The molecule has 5 nitrogen and oxygen atoms in total. The fourth-order valence-electron chi connectivity index (χ4n) is 3.68. The smallest absolute Gasteiger partial charge is 0.141 e. The molecule has 1 aromatic heterocycles. The SMILES string of the molecule is CCN(Cc1ncnn1CC)C1CC2CCC(C1)N2. The first-order valence-electron chi connectivity index (χ1n) is 7.67. The standard InChI is InChI=1S/C14H25N5/c1-3-18(9-14-15-10-16-19(14)4-2)13-7-11-5-6-12(8-13)17-11/h10-13,17H,3-9H2,1-2H3. The second-order valence-electron chi connectivity index (χ2n) is 5.82. The van der Waals surface area contributed by atoms with E-state index < -0.39 is 0 Å². The number of aromatic nitrogens is 3. The maximum Gasteiger partial charge on any atom is 0.141 e. The van der Waals surface area contributed by atoms with Gasteiger partial charge in [0, 0.05) is 24.7 Å². The average molecular weight is 263 g/mol. The van der Waals surface area contributed by atoms with Crippen molar-refractivity contribution >= 4 is 0 Å². The molecule has 3 heterocycles. The summed E-state index contributed by atoms with van der Waals surface area (Å²) in [6.45, 7) is 7.33. The third-order valence-corrected chi connectivity index (χ3v) is 4.71. The lowest BCUT2D eigenvalue weighted by atomic mass is 9.98. The van der Waals surface area contributed by atoms with E-state index in [1.54, 1.807) is 6.33 Å². The lowest BCUT2D eigenvalue weighted by molar-refractivity contribution is 0.135. The van der Waals surface area contributed by atoms with Gasteiger partial charge in [0.05, 0.1) is 6.54 Å². The fourth-order valence-corrected chi connectivity index (χ4v) is 3.68. The van der Waals surface area contributed by atoms with Crippen LogP contribution in [0, 0.1) is 0 Å².